The number of hydrogen-bond donors (Lipinski definition) is 2. The molecule has 0 radical (unpaired) electrons. The van der Waals surface area contributed by atoms with E-state index in [0.717, 1.165) is 12.0 Å². The molecule has 0 bridgehead atoms. The molecule has 0 aliphatic rings. The van der Waals surface area contributed by atoms with E-state index < -0.39 is 10.0 Å². The largest absolute Gasteiger partial charge is 0.398 e. The molecule has 0 amide bonds. The summed E-state index contributed by atoms with van der Waals surface area (Å²) in [5.74, 6) is 0. The smallest absolute Gasteiger partial charge is 0.241 e. The fourth-order valence-electron chi connectivity index (χ4n) is 2.27. The third-order valence-electron chi connectivity index (χ3n) is 3.54. The van der Waals surface area contributed by atoms with E-state index in [-0.39, 0.29) is 10.9 Å². The van der Waals surface area contributed by atoms with Crippen LogP contribution in [0.2, 0.25) is 0 Å². The van der Waals surface area contributed by atoms with Crippen LogP contribution in [0.3, 0.4) is 0 Å². The van der Waals surface area contributed by atoms with Crippen LogP contribution in [-0.4, -0.2) is 28.2 Å². The van der Waals surface area contributed by atoms with Crippen molar-refractivity contribution in [2.75, 3.05) is 19.5 Å². The van der Waals surface area contributed by atoms with Gasteiger partial charge in [-0.2, -0.15) is 0 Å². The van der Waals surface area contributed by atoms with Gasteiger partial charge in [-0.25, -0.2) is 13.1 Å². The van der Waals surface area contributed by atoms with Crippen LogP contribution in [0.4, 0.5) is 5.69 Å². The summed E-state index contributed by atoms with van der Waals surface area (Å²) < 4.78 is 33.1. The lowest BCUT2D eigenvalue weighted by atomic mass is 10.1. The second-order valence-corrected chi connectivity index (χ2v) is 6.73. The summed E-state index contributed by atoms with van der Waals surface area (Å²) in [4.78, 5) is 0.288. The number of anilines is 1. The van der Waals surface area contributed by atoms with Gasteiger partial charge in [0.1, 0.15) is 0 Å². The van der Waals surface area contributed by atoms with Crippen LogP contribution in [0, 0.1) is 0 Å². The lowest BCUT2D eigenvalue weighted by molar-refractivity contribution is 0.173. The molecule has 0 saturated heterocycles. The van der Waals surface area contributed by atoms with Gasteiger partial charge in [0.15, 0.2) is 0 Å². The minimum atomic E-state index is -3.60. The molecule has 0 heterocycles. The van der Waals surface area contributed by atoms with Gasteiger partial charge in [0.25, 0.3) is 0 Å². The van der Waals surface area contributed by atoms with E-state index in [1.54, 1.807) is 13.2 Å². The fourth-order valence-corrected chi connectivity index (χ4v) is 3.96. The molecule has 0 aliphatic heterocycles. The number of nitrogens with two attached hydrogens (primary N) is 1. The van der Waals surface area contributed by atoms with Gasteiger partial charge in [0, 0.05) is 18.8 Å². The highest BCUT2D eigenvalue weighted by molar-refractivity contribution is 7.89. The van der Waals surface area contributed by atoms with Crippen molar-refractivity contribution in [2.45, 2.75) is 51.0 Å². The van der Waals surface area contributed by atoms with Crippen LogP contribution in [-0.2, 0) is 27.6 Å². The summed E-state index contributed by atoms with van der Waals surface area (Å²) in [7, 11) is -2.04. The van der Waals surface area contributed by atoms with Gasteiger partial charge in [-0.05, 0) is 42.5 Å². The molecule has 120 valence electrons. The van der Waals surface area contributed by atoms with Gasteiger partial charge >= 0.3 is 0 Å². The minimum Gasteiger partial charge on any atom is -0.398 e. The van der Waals surface area contributed by atoms with Crippen LogP contribution in [0.15, 0.2) is 17.0 Å². The first-order valence-electron chi connectivity index (χ1n) is 7.32. The zero-order chi connectivity index (χ0) is 16.0. The maximum Gasteiger partial charge on any atom is 0.241 e. The van der Waals surface area contributed by atoms with Crippen molar-refractivity contribution >= 4 is 15.7 Å². The Bertz CT molecular complexity index is 571. The van der Waals surface area contributed by atoms with Crippen LogP contribution in [0.1, 0.15) is 38.3 Å². The zero-order valence-electron chi connectivity index (χ0n) is 13.3. The van der Waals surface area contributed by atoms with Crippen molar-refractivity contribution < 1.29 is 13.2 Å². The first-order chi connectivity index (χ1) is 9.89. The Morgan fingerprint density at radius 3 is 2.38 bits per heavy atom. The van der Waals surface area contributed by atoms with E-state index in [1.165, 1.54) is 0 Å². The minimum absolute atomic E-state index is 0.240. The molecule has 0 saturated carbocycles. The number of nitrogens with one attached hydrogen (secondary N) is 1. The van der Waals surface area contributed by atoms with Crippen LogP contribution < -0.4 is 10.5 Å². The number of aryl methyl sites for hydroxylation is 1. The Kier molecular flexibility index (Phi) is 6.64. The third-order valence-corrected chi connectivity index (χ3v) is 5.12. The first-order valence-corrected chi connectivity index (χ1v) is 8.80. The molecule has 0 aromatic heterocycles. The summed E-state index contributed by atoms with van der Waals surface area (Å²) in [5.41, 5.74) is 8.14. The highest BCUT2D eigenvalue weighted by Gasteiger charge is 2.23. The van der Waals surface area contributed by atoms with Crippen LogP contribution >= 0.6 is 0 Å². The van der Waals surface area contributed by atoms with Crippen molar-refractivity contribution in [1.82, 2.24) is 4.72 Å². The molecule has 1 aromatic carbocycles. The number of benzene rings is 1. The molecule has 5 nitrogen and oxygen atoms in total. The fraction of sp³-hybridized carbons (Fsp3) is 0.600. The Morgan fingerprint density at radius 2 is 1.90 bits per heavy atom. The van der Waals surface area contributed by atoms with Gasteiger partial charge in [0.05, 0.1) is 11.5 Å². The molecule has 6 heteroatoms. The normalized spacial score (nSPS) is 13.3. The number of methoxy groups -OCH3 is 1. The van der Waals surface area contributed by atoms with Gasteiger partial charge in [-0.3, -0.25) is 0 Å². The van der Waals surface area contributed by atoms with Gasteiger partial charge in [0.2, 0.25) is 10.0 Å². The maximum absolute atomic E-state index is 12.7. The summed E-state index contributed by atoms with van der Waals surface area (Å²) in [5, 5.41) is 0. The zero-order valence-corrected chi connectivity index (χ0v) is 14.1. The van der Waals surface area contributed by atoms with E-state index in [9.17, 15) is 8.42 Å². The monoisotopic (exact) mass is 314 g/mol. The van der Waals surface area contributed by atoms with Crippen molar-refractivity contribution in [2.24, 2.45) is 0 Å². The van der Waals surface area contributed by atoms with Crippen molar-refractivity contribution in [3.05, 3.63) is 23.3 Å². The number of hydrogen-bond acceptors (Lipinski definition) is 4. The molecular weight excluding hydrogens is 288 g/mol. The molecule has 1 unspecified atom stereocenters. The molecule has 1 aromatic rings. The molecule has 0 aliphatic carbocycles. The number of rotatable bonds is 8. The number of nitrogen functional groups attached to an aromatic ring is 1. The third kappa shape index (κ3) is 4.43. The summed E-state index contributed by atoms with van der Waals surface area (Å²) >= 11 is 0. The van der Waals surface area contributed by atoms with E-state index in [4.69, 9.17) is 10.5 Å². The van der Waals surface area contributed by atoms with E-state index in [2.05, 4.69) is 4.72 Å². The Hall–Kier alpha value is -1.11. The Morgan fingerprint density at radius 1 is 1.24 bits per heavy atom. The van der Waals surface area contributed by atoms with Crippen molar-refractivity contribution in [3.8, 4) is 0 Å². The molecule has 1 atom stereocenters. The van der Waals surface area contributed by atoms with Crippen LogP contribution in [0.5, 0.6) is 0 Å². The van der Waals surface area contributed by atoms with Gasteiger partial charge < -0.3 is 10.5 Å². The second kappa shape index (κ2) is 7.77. The van der Waals surface area contributed by atoms with Crippen molar-refractivity contribution in [1.29, 1.82) is 0 Å². The predicted molar refractivity (Wildman–Crippen MR) is 85.9 cm³/mol. The lowest BCUT2D eigenvalue weighted by Gasteiger charge is -2.19. The van der Waals surface area contributed by atoms with Crippen LogP contribution in [0.25, 0.3) is 0 Å². The highest BCUT2D eigenvalue weighted by Crippen LogP contribution is 2.25. The molecule has 21 heavy (non-hydrogen) atoms. The quantitative estimate of drug-likeness (QED) is 0.720. The van der Waals surface area contributed by atoms with Gasteiger partial charge in [-0.1, -0.05) is 20.8 Å². The summed E-state index contributed by atoms with van der Waals surface area (Å²) in [6.07, 6.45) is 1.98. The number of sulfonamides is 1. The SMILES string of the molecule is CCc1cc(N)c(CC)c(S(=O)(=O)NC(CC)COC)c1. The van der Waals surface area contributed by atoms with Crippen molar-refractivity contribution in [3.63, 3.8) is 0 Å². The Labute approximate surface area is 127 Å². The topological polar surface area (TPSA) is 81.4 Å². The maximum atomic E-state index is 12.7. The van der Waals surface area contributed by atoms with E-state index in [0.29, 0.717) is 30.7 Å². The average Bonchev–Trinajstić information content (AvgIpc) is 2.45. The van der Waals surface area contributed by atoms with Gasteiger partial charge in [-0.15, -0.1) is 0 Å². The van der Waals surface area contributed by atoms with E-state index >= 15 is 0 Å². The second-order valence-electron chi connectivity index (χ2n) is 5.05. The molecule has 3 N–H and O–H groups in total. The first kappa shape index (κ1) is 17.9. The molecule has 0 fully saturated rings. The average molecular weight is 314 g/mol. The summed E-state index contributed by atoms with van der Waals surface area (Å²) in [6.45, 7) is 6.15. The number of ether oxygens (including phenoxy) is 1. The predicted octanol–water partition coefficient (Wildman–Crippen LogP) is 2.10. The summed E-state index contributed by atoms with van der Waals surface area (Å²) in [6, 6.07) is 3.33. The Balaban J connectivity index is 3.26. The lowest BCUT2D eigenvalue weighted by Crippen LogP contribution is -2.38. The molecule has 0 spiro atoms. The molecular formula is C15H26N2O3S. The van der Waals surface area contributed by atoms with E-state index in [1.807, 2.05) is 26.8 Å². The standard InChI is InChI=1S/C15H26N2O3S/c1-5-11-8-14(16)13(7-3)15(9-11)21(18,19)17-12(6-2)10-20-4/h8-9,12,17H,5-7,10,16H2,1-4H3. The molecule has 1 rings (SSSR count). The highest BCUT2D eigenvalue weighted by atomic mass is 32.2.